The maximum Gasteiger partial charge on any atom is 0.255 e. The van der Waals surface area contributed by atoms with Crippen molar-refractivity contribution in [2.24, 2.45) is 0 Å². The molecule has 2 aromatic rings. The van der Waals surface area contributed by atoms with Crippen LogP contribution in [0.5, 0.6) is 11.5 Å². The summed E-state index contributed by atoms with van der Waals surface area (Å²) in [5.74, 6) is 1.37. The smallest absolute Gasteiger partial charge is 0.255 e. The van der Waals surface area contributed by atoms with Gasteiger partial charge in [0.15, 0.2) is 9.84 Å². The van der Waals surface area contributed by atoms with Crippen LogP contribution in [0.4, 0.5) is 0 Å². The van der Waals surface area contributed by atoms with E-state index in [9.17, 15) is 13.2 Å². The molecule has 0 radical (unpaired) electrons. The van der Waals surface area contributed by atoms with Gasteiger partial charge in [-0.25, -0.2) is 8.42 Å². The molecule has 1 amide bonds. The molecule has 154 valence electrons. The minimum absolute atomic E-state index is 0.306. The van der Waals surface area contributed by atoms with Gasteiger partial charge in [0.1, 0.15) is 11.5 Å². The summed E-state index contributed by atoms with van der Waals surface area (Å²) in [5.41, 5.74) is 1.62. The van der Waals surface area contributed by atoms with E-state index in [0.717, 1.165) is 24.5 Å². The quantitative estimate of drug-likeness (QED) is 0.707. The van der Waals surface area contributed by atoms with E-state index in [2.05, 4.69) is 5.32 Å². The molecular formula is C23H27NO4S. The van der Waals surface area contributed by atoms with E-state index in [1.54, 1.807) is 13.0 Å². The van der Waals surface area contributed by atoms with Crippen LogP contribution in [0.1, 0.15) is 54.4 Å². The van der Waals surface area contributed by atoms with Gasteiger partial charge in [-0.1, -0.05) is 43.2 Å². The Morgan fingerprint density at radius 1 is 1.14 bits per heavy atom. The van der Waals surface area contributed by atoms with E-state index in [4.69, 9.17) is 4.74 Å². The number of benzene rings is 2. The van der Waals surface area contributed by atoms with Gasteiger partial charge in [-0.3, -0.25) is 4.79 Å². The van der Waals surface area contributed by atoms with Crippen molar-refractivity contribution in [3.63, 3.8) is 0 Å². The molecule has 1 fully saturated rings. The maximum absolute atomic E-state index is 12.8. The molecule has 0 aromatic heterocycles. The Labute approximate surface area is 172 Å². The summed E-state index contributed by atoms with van der Waals surface area (Å²) in [6.45, 7) is 1.73. The number of hydrogen-bond donors (Lipinski definition) is 1. The molecule has 6 heteroatoms. The highest BCUT2D eigenvalue weighted by Gasteiger charge is 2.21. The molecule has 29 heavy (non-hydrogen) atoms. The SMILES string of the molecule is CC(/C=C/S(C)(=O)=O)NC(=O)c1ccc(C2CCCC2)cc1Oc1ccccc1. The maximum atomic E-state index is 12.8. The lowest BCUT2D eigenvalue weighted by Crippen LogP contribution is -2.31. The average molecular weight is 414 g/mol. The standard InChI is InChI=1S/C23H27NO4S/c1-17(14-15-29(2,26)27)24-23(25)21-13-12-19(18-8-6-7-9-18)16-22(21)28-20-10-4-3-5-11-20/h3-5,10-18H,6-9H2,1-2H3,(H,24,25)/b15-14+. The van der Waals surface area contributed by atoms with Crippen LogP contribution in [0.3, 0.4) is 0 Å². The van der Waals surface area contributed by atoms with E-state index < -0.39 is 15.9 Å². The lowest BCUT2D eigenvalue weighted by atomic mass is 9.96. The fourth-order valence-electron chi connectivity index (χ4n) is 3.53. The van der Waals surface area contributed by atoms with E-state index in [1.165, 1.54) is 24.5 Å². The highest BCUT2D eigenvalue weighted by molar-refractivity contribution is 7.93. The predicted molar refractivity (Wildman–Crippen MR) is 115 cm³/mol. The van der Waals surface area contributed by atoms with Gasteiger partial charge < -0.3 is 10.1 Å². The van der Waals surface area contributed by atoms with Gasteiger partial charge in [-0.2, -0.15) is 0 Å². The summed E-state index contributed by atoms with van der Waals surface area (Å²) in [5, 5.41) is 3.91. The molecule has 5 nitrogen and oxygen atoms in total. The van der Waals surface area contributed by atoms with Gasteiger partial charge >= 0.3 is 0 Å². The van der Waals surface area contributed by atoms with Crippen molar-refractivity contribution in [2.45, 2.75) is 44.6 Å². The molecule has 2 aromatic carbocycles. The van der Waals surface area contributed by atoms with Crippen molar-refractivity contribution in [1.29, 1.82) is 0 Å². The second kappa shape index (κ2) is 9.27. The predicted octanol–water partition coefficient (Wildman–Crippen LogP) is 4.81. The topological polar surface area (TPSA) is 72.5 Å². The largest absolute Gasteiger partial charge is 0.457 e. The zero-order chi connectivity index (χ0) is 20.9. The Kier molecular flexibility index (Phi) is 6.75. The third kappa shape index (κ3) is 6.19. The van der Waals surface area contributed by atoms with Crippen LogP contribution in [-0.2, 0) is 9.84 Å². The molecule has 1 aliphatic carbocycles. The van der Waals surface area contributed by atoms with E-state index in [-0.39, 0.29) is 5.91 Å². The first kappa shape index (κ1) is 21.1. The molecule has 0 aliphatic heterocycles. The molecule has 1 aliphatic rings. The molecule has 0 heterocycles. The van der Waals surface area contributed by atoms with E-state index in [1.807, 2.05) is 42.5 Å². The second-order valence-electron chi connectivity index (χ2n) is 7.57. The van der Waals surface area contributed by atoms with Crippen molar-refractivity contribution >= 4 is 15.7 Å². The zero-order valence-electron chi connectivity index (χ0n) is 16.8. The number of carbonyl (C=O) groups excluding carboxylic acids is 1. The van der Waals surface area contributed by atoms with Gasteiger partial charge in [0.2, 0.25) is 0 Å². The monoisotopic (exact) mass is 413 g/mol. The molecule has 1 saturated carbocycles. The Morgan fingerprint density at radius 2 is 1.83 bits per heavy atom. The van der Waals surface area contributed by atoms with Crippen LogP contribution in [0.15, 0.2) is 60.0 Å². The summed E-state index contributed by atoms with van der Waals surface area (Å²) >= 11 is 0. The number of nitrogens with one attached hydrogen (secondary N) is 1. The van der Waals surface area contributed by atoms with Crippen LogP contribution in [0, 0.1) is 0 Å². The van der Waals surface area contributed by atoms with Crippen molar-refractivity contribution in [3.8, 4) is 11.5 Å². The molecule has 0 saturated heterocycles. The van der Waals surface area contributed by atoms with Crippen LogP contribution in [0.2, 0.25) is 0 Å². The Balaban J connectivity index is 1.85. The molecular weight excluding hydrogens is 386 g/mol. The summed E-state index contributed by atoms with van der Waals surface area (Å²) < 4.78 is 28.6. The van der Waals surface area contributed by atoms with E-state index in [0.29, 0.717) is 23.0 Å². The van der Waals surface area contributed by atoms with Crippen LogP contribution in [0.25, 0.3) is 0 Å². The summed E-state index contributed by atoms with van der Waals surface area (Å²) in [6.07, 6.45) is 7.34. The number of rotatable bonds is 7. The molecule has 1 N–H and O–H groups in total. The summed E-state index contributed by atoms with van der Waals surface area (Å²) in [6, 6.07) is 14.7. The minimum Gasteiger partial charge on any atom is -0.457 e. The molecule has 3 rings (SSSR count). The number of para-hydroxylation sites is 1. The Bertz CT molecular complexity index is 977. The number of amides is 1. The van der Waals surface area contributed by atoms with Crippen molar-refractivity contribution < 1.29 is 17.9 Å². The van der Waals surface area contributed by atoms with Crippen molar-refractivity contribution in [2.75, 3.05) is 6.26 Å². The number of hydrogen-bond acceptors (Lipinski definition) is 4. The molecule has 0 spiro atoms. The average Bonchev–Trinajstić information content (AvgIpc) is 3.21. The lowest BCUT2D eigenvalue weighted by molar-refractivity contribution is 0.0944. The fraction of sp³-hybridized carbons (Fsp3) is 0.348. The van der Waals surface area contributed by atoms with Gasteiger partial charge in [0.05, 0.1) is 5.56 Å². The third-order valence-corrected chi connectivity index (χ3v) is 5.67. The molecule has 1 unspecified atom stereocenters. The fourth-order valence-corrected chi connectivity index (χ4v) is 4.05. The third-order valence-electron chi connectivity index (χ3n) is 5.02. The van der Waals surface area contributed by atoms with Crippen molar-refractivity contribution in [1.82, 2.24) is 5.32 Å². The van der Waals surface area contributed by atoms with Gasteiger partial charge in [0.25, 0.3) is 5.91 Å². The first-order valence-electron chi connectivity index (χ1n) is 9.88. The van der Waals surface area contributed by atoms with E-state index >= 15 is 0 Å². The zero-order valence-corrected chi connectivity index (χ0v) is 17.6. The second-order valence-corrected chi connectivity index (χ2v) is 9.50. The number of ether oxygens (including phenoxy) is 1. The van der Waals surface area contributed by atoms with Crippen LogP contribution >= 0.6 is 0 Å². The molecule has 1 atom stereocenters. The van der Waals surface area contributed by atoms with Gasteiger partial charge in [-0.05, 0) is 55.5 Å². The normalized spacial score (nSPS) is 16.1. The van der Waals surface area contributed by atoms with Crippen molar-refractivity contribution in [3.05, 3.63) is 71.1 Å². The number of carbonyl (C=O) groups is 1. The van der Waals surface area contributed by atoms with Crippen LogP contribution < -0.4 is 10.1 Å². The first-order valence-corrected chi connectivity index (χ1v) is 11.8. The highest BCUT2D eigenvalue weighted by atomic mass is 32.2. The first-order chi connectivity index (χ1) is 13.8. The molecule has 0 bridgehead atoms. The Hall–Kier alpha value is -2.60. The number of sulfone groups is 1. The van der Waals surface area contributed by atoms with Gasteiger partial charge in [0, 0.05) is 17.7 Å². The summed E-state index contributed by atoms with van der Waals surface area (Å²) in [7, 11) is -3.24. The van der Waals surface area contributed by atoms with Crippen LogP contribution in [-0.4, -0.2) is 26.6 Å². The lowest BCUT2D eigenvalue weighted by Gasteiger charge is -2.17. The van der Waals surface area contributed by atoms with Gasteiger partial charge in [-0.15, -0.1) is 0 Å². The summed E-state index contributed by atoms with van der Waals surface area (Å²) in [4.78, 5) is 12.8. The highest BCUT2D eigenvalue weighted by Crippen LogP contribution is 2.37. The Morgan fingerprint density at radius 3 is 2.48 bits per heavy atom. The minimum atomic E-state index is -3.24.